The Balaban J connectivity index is 4.19. The number of hydrogen-bond acceptors (Lipinski definition) is 1. The number of aliphatic imine (C=N–C) groups is 1. The molecular weight excluding hydrogens is 186 g/mol. The van der Waals surface area contributed by atoms with Gasteiger partial charge in [0.25, 0.3) is 0 Å². The Labute approximate surface area is 94.7 Å². The molecule has 0 aromatic heterocycles. The molecule has 0 aliphatic heterocycles. The van der Waals surface area contributed by atoms with E-state index in [4.69, 9.17) is 5.73 Å². The maximum atomic E-state index is 5.98. The first kappa shape index (κ1) is 14.3. The van der Waals surface area contributed by atoms with Gasteiger partial charge in [0, 0.05) is 19.1 Å². The second-order valence-corrected chi connectivity index (χ2v) is 4.28. The molecule has 0 aromatic carbocycles. The van der Waals surface area contributed by atoms with Crippen molar-refractivity contribution in [1.29, 1.82) is 0 Å². The molecule has 0 atom stereocenters. The fraction of sp³-hybridized carbons (Fsp3) is 0.917. The van der Waals surface area contributed by atoms with E-state index >= 15 is 0 Å². The van der Waals surface area contributed by atoms with Crippen LogP contribution in [0, 0.1) is 0 Å². The second kappa shape index (κ2) is 8.57. The first-order chi connectivity index (χ1) is 7.11. The maximum Gasteiger partial charge on any atom is 0.191 e. The molecule has 3 nitrogen and oxygen atoms in total. The van der Waals surface area contributed by atoms with Gasteiger partial charge in [-0.25, -0.2) is 0 Å². The zero-order chi connectivity index (χ0) is 11.7. The standard InChI is InChI=1S/C12H27N3/c1-5-7-9-15(10-8-6-2)12(13)14-11(3)4/h11H,5-10H2,1-4H3,(H2,13,14). The summed E-state index contributed by atoms with van der Waals surface area (Å²) < 4.78 is 0. The van der Waals surface area contributed by atoms with Gasteiger partial charge in [0.2, 0.25) is 0 Å². The zero-order valence-electron chi connectivity index (χ0n) is 10.8. The molecular formula is C12H27N3. The topological polar surface area (TPSA) is 41.6 Å². The Bertz CT molecular complexity index is 168. The van der Waals surface area contributed by atoms with E-state index in [1.54, 1.807) is 0 Å². The number of guanidine groups is 1. The number of unbranched alkanes of at least 4 members (excludes halogenated alkanes) is 2. The van der Waals surface area contributed by atoms with Crippen LogP contribution >= 0.6 is 0 Å². The predicted octanol–water partition coefficient (Wildman–Crippen LogP) is 2.61. The molecule has 3 heteroatoms. The molecule has 0 aliphatic rings. The highest BCUT2D eigenvalue weighted by atomic mass is 15.2. The number of rotatable bonds is 7. The molecule has 15 heavy (non-hydrogen) atoms. The van der Waals surface area contributed by atoms with Crippen LogP contribution in [-0.4, -0.2) is 30.0 Å². The smallest absolute Gasteiger partial charge is 0.191 e. The summed E-state index contributed by atoms with van der Waals surface area (Å²) >= 11 is 0. The Morgan fingerprint density at radius 3 is 1.93 bits per heavy atom. The van der Waals surface area contributed by atoms with Gasteiger partial charge < -0.3 is 10.6 Å². The van der Waals surface area contributed by atoms with E-state index < -0.39 is 0 Å². The van der Waals surface area contributed by atoms with Gasteiger partial charge in [0.15, 0.2) is 5.96 Å². The van der Waals surface area contributed by atoms with Gasteiger partial charge in [-0.15, -0.1) is 0 Å². The molecule has 0 aliphatic carbocycles. The molecule has 0 saturated heterocycles. The van der Waals surface area contributed by atoms with E-state index in [0.29, 0.717) is 5.96 Å². The first-order valence-corrected chi connectivity index (χ1v) is 6.20. The fourth-order valence-electron chi connectivity index (χ4n) is 1.39. The highest BCUT2D eigenvalue weighted by molar-refractivity contribution is 5.78. The summed E-state index contributed by atoms with van der Waals surface area (Å²) in [5.74, 6) is 0.715. The molecule has 90 valence electrons. The normalized spacial score (nSPS) is 12.2. The van der Waals surface area contributed by atoms with Gasteiger partial charge in [0.1, 0.15) is 0 Å². The summed E-state index contributed by atoms with van der Waals surface area (Å²) in [7, 11) is 0. The van der Waals surface area contributed by atoms with Crippen LogP contribution in [0.15, 0.2) is 4.99 Å². The van der Waals surface area contributed by atoms with Crippen molar-refractivity contribution < 1.29 is 0 Å². The molecule has 0 heterocycles. The van der Waals surface area contributed by atoms with Crippen LogP contribution in [0.5, 0.6) is 0 Å². The Morgan fingerprint density at radius 2 is 1.60 bits per heavy atom. The minimum absolute atomic E-state index is 0.288. The first-order valence-electron chi connectivity index (χ1n) is 6.20. The molecule has 0 unspecified atom stereocenters. The van der Waals surface area contributed by atoms with Crippen LogP contribution in [-0.2, 0) is 0 Å². The monoisotopic (exact) mass is 213 g/mol. The third-order valence-corrected chi connectivity index (χ3v) is 2.28. The third kappa shape index (κ3) is 7.23. The highest BCUT2D eigenvalue weighted by Gasteiger charge is 2.06. The molecule has 0 bridgehead atoms. The fourth-order valence-corrected chi connectivity index (χ4v) is 1.39. The molecule has 0 rings (SSSR count). The maximum absolute atomic E-state index is 5.98. The van der Waals surface area contributed by atoms with E-state index in [1.807, 2.05) is 0 Å². The minimum Gasteiger partial charge on any atom is -0.370 e. The van der Waals surface area contributed by atoms with Crippen LogP contribution in [0.3, 0.4) is 0 Å². The van der Waals surface area contributed by atoms with Crippen molar-refractivity contribution in [2.45, 2.75) is 59.4 Å². The molecule has 2 N–H and O–H groups in total. The van der Waals surface area contributed by atoms with Crippen molar-refractivity contribution in [3.8, 4) is 0 Å². The second-order valence-electron chi connectivity index (χ2n) is 4.28. The van der Waals surface area contributed by atoms with Gasteiger partial charge in [-0.3, -0.25) is 4.99 Å². The zero-order valence-corrected chi connectivity index (χ0v) is 10.8. The summed E-state index contributed by atoms with van der Waals surface area (Å²) in [6.45, 7) is 10.6. The van der Waals surface area contributed by atoms with E-state index in [0.717, 1.165) is 13.1 Å². The number of nitrogens with two attached hydrogens (primary N) is 1. The lowest BCUT2D eigenvalue weighted by Gasteiger charge is -2.23. The average Bonchev–Trinajstić information content (AvgIpc) is 2.17. The van der Waals surface area contributed by atoms with Crippen molar-refractivity contribution in [2.24, 2.45) is 10.7 Å². The predicted molar refractivity (Wildman–Crippen MR) is 68.1 cm³/mol. The minimum atomic E-state index is 0.288. The Morgan fingerprint density at radius 1 is 1.13 bits per heavy atom. The summed E-state index contributed by atoms with van der Waals surface area (Å²) in [5.41, 5.74) is 5.98. The van der Waals surface area contributed by atoms with Crippen molar-refractivity contribution in [3.05, 3.63) is 0 Å². The highest BCUT2D eigenvalue weighted by Crippen LogP contribution is 2.00. The lowest BCUT2D eigenvalue weighted by atomic mass is 10.3. The van der Waals surface area contributed by atoms with E-state index in [1.165, 1.54) is 25.7 Å². The van der Waals surface area contributed by atoms with Crippen molar-refractivity contribution >= 4 is 5.96 Å². The van der Waals surface area contributed by atoms with Gasteiger partial charge in [-0.1, -0.05) is 26.7 Å². The van der Waals surface area contributed by atoms with E-state index in [-0.39, 0.29) is 6.04 Å². The van der Waals surface area contributed by atoms with E-state index in [2.05, 4.69) is 37.6 Å². The quantitative estimate of drug-likeness (QED) is 0.522. The summed E-state index contributed by atoms with van der Waals surface area (Å²) in [6, 6.07) is 0.288. The summed E-state index contributed by atoms with van der Waals surface area (Å²) in [6.07, 6.45) is 4.80. The largest absolute Gasteiger partial charge is 0.370 e. The van der Waals surface area contributed by atoms with Crippen molar-refractivity contribution in [1.82, 2.24) is 4.90 Å². The number of nitrogens with zero attached hydrogens (tertiary/aromatic N) is 2. The van der Waals surface area contributed by atoms with Gasteiger partial charge in [-0.2, -0.15) is 0 Å². The Kier molecular flexibility index (Phi) is 8.15. The van der Waals surface area contributed by atoms with Gasteiger partial charge in [0.05, 0.1) is 0 Å². The van der Waals surface area contributed by atoms with Crippen LogP contribution in [0.25, 0.3) is 0 Å². The third-order valence-electron chi connectivity index (χ3n) is 2.28. The average molecular weight is 213 g/mol. The lowest BCUT2D eigenvalue weighted by molar-refractivity contribution is 0.391. The summed E-state index contributed by atoms with van der Waals surface area (Å²) in [4.78, 5) is 6.62. The van der Waals surface area contributed by atoms with Crippen LogP contribution < -0.4 is 5.73 Å². The van der Waals surface area contributed by atoms with Crippen LogP contribution in [0.1, 0.15) is 53.4 Å². The Hall–Kier alpha value is -0.730. The van der Waals surface area contributed by atoms with Crippen LogP contribution in [0.4, 0.5) is 0 Å². The number of hydrogen-bond donors (Lipinski definition) is 1. The van der Waals surface area contributed by atoms with Crippen molar-refractivity contribution in [2.75, 3.05) is 13.1 Å². The van der Waals surface area contributed by atoms with Crippen LogP contribution in [0.2, 0.25) is 0 Å². The molecule has 0 aromatic rings. The molecule has 0 amide bonds. The molecule has 0 fully saturated rings. The SMILES string of the molecule is CCCCN(CCCC)C(N)=NC(C)C. The van der Waals surface area contributed by atoms with Gasteiger partial charge in [-0.05, 0) is 26.7 Å². The lowest BCUT2D eigenvalue weighted by Crippen LogP contribution is -2.39. The molecule has 0 saturated carbocycles. The summed E-state index contributed by atoms with van der Waals surface area (Å²) in [5, 5.41) is 0. The molecule has 0 radical (unpaired) electrons. The van der Waals surface area contributed by atoms with Gasteiger partial charge >= 0.3 is 0 Å². The van der Waals surface area contributed by atoms with Crippen molar-refractivity contribution in [3.63, 3.8) is 0 Å². The molecule has 0 spiro atoms. The van der Waals surface area contributed by atoms with E-state index in [9.17, 15) is 0 Å².